The lowest BCUT2D eigenvalue weighted by molar-refractivity contribution is -0.121. The molecule has 6 nitrogen and oxygen atoms in total. The van der Waals surface area contributed by atoms with Gasteiger partial charge in [-0.1, -0.05) is 91.0 Å². The first-order valence-corrected chi connectivity index (χ1v) is 11.7. The number of hydrogen-bond donors (Lipinski definition) is 2. The molecule has 36 heavy (non-hydrogen) atoms. The number of anilines is 1. The minimum absolute atomic E-state index is 0.0352. The summed E-state index contributed by atoms with van der Waals surface area (Å²) >= 11 is 0. The molecule has 1 atom stereocenters. The molecule has 0 saturated carbocycles. The van der Waals surface area contributed by atoms with Gasteiger partial charge in [-0.25, -0.2) is 4.79 Å². The van der Waals surface area contributed by atoms with Crippen LogP contribution >= 0.6 is 0 Å². The van der Waals surface area contributed by atoms with Crippen molar-refractivity contribution in [3.8, 4) is 5.75 Å². The van der Waals surface area contributed by atoms with E-state index in [9.17, 15) is 14.7 Å². The van der Waals surface area contributed by atoms with Gasteiger partial charge in [0.05, 0.1) is 16.8 Å². The predicted octanol–water partition coefficient (Wildman–Crippen LogP) is 4.69. The number of carboxylic acid groups (broad SMARTS) is 1. The second-order valence-electron chi connectivity index (χ2n) is 8.74. The second-order valence-corrected chi connectivity index (χ2v) is 8.74. The van der Waals surface area contributed by atoms with Gasteiger partial charge >= 0.3 is 5.97 Å². The highest BCUT2D eigenvalue weighted by Crippen LogP contribution is 2.38. The van der Waals surface area contributed by atoms with Gasteiger partial charge in [0, 0.05) is 7.05 Å². The number of ether oxygens (including phenoxy) is 1. The van der Waals surface area contributed by atoms with E-state index < -0.39 is 17.6 Å². The molecular formula is C30H26N2O4. The van der Waals surface area contributed by atoms with Gasteiger partial charge in [-0.05, 0) is 34.9 Å². The van der Waals surface area contributed by atoms with Crippen molar-refractivity contribution < 1.29 is 19.4 Å². The first kappa shape index (κ1) is 23.3. The van der Waals surface area contributed by atoms with Crippen LogP contribution in [0.4, 0.5) is 5.69 Å². The lowest BCUT2D eigenvalue weighted by atomic mass is 9.76. The number of fused-ring (bicyclic) bond motifs is 1. The molecule has 5 rings (SSSR count). The summed E-state index contributed by atoms with van der Waals surface area (Å²) in [6, 6.07) is 33.9. The van der Waals surface area contributed by atoms with E-state index in [2.05, 4.69) is 5.32 Å². The van der Waals surface area contributed by atoms with E-state index in [1.165, 1.54) is 17.0 Å². The van der Waals surface area contributed by atoms with Gasteiger partial charge in [0.15, 0.2) is 0 Å². The van der Waals surface area contributed by atoms with Crippen LogP contribution in [0.5, 0.6) is 5.75 Å². The minimum Gasteiger partial charge on any atom is -0.489 e. The maximum Gasteiger partial charge on any atom is 0.335 e. The Kier molecular flexibility index (Phi) is 6.27. The van der Waals surface area contributed by atoms with Crippen molar-refractivity contribution in [2.75, 3.05) is 18.6 Å². The molecule has 1 amide bonds. The molecule has 1 aliphatic rings. The third-order valence-corrected chi connectivity index (χ3v) is 6.61. The highest BCUT2D eigenvalue weighted by atomic mass is 16.5. The molecule has 1 heterocycles. The quantitative estimate of drug-likeness (QED) is 0.393. The van der Waals surface area contributed by atoms with E-state index in [1.54, 1.807) is 13.1 Å². The molecule has 0 aliphatic carbocycles. The Bertz CT molecular complexity index is 1280. The van der Waals surface area contributed by atoms with Gasteiger partial charge in [-0.15, -0.1) is 0 Å². The Morgan fingerprint density at radius 1 is 0.861 bits per heavy atom. The fourth-order valence-corrected chi connectivity index (χ4v) is 4.82. The average Bonchev–Trinajstić information content (AvgIpc) is 3.04. The maximum atomic E-state index is 13.8. The van der Waals surface area contributed by atoms with Crippen LogP contribution in [0.15, 0.2) is 109 Å². The molecule has 6 heteroatoms. The number of nitrogens with zero attached hydrogens (tertiary/aromatic N) is 1. The van der Waals surface area contributed by atoms with Gasteiger partial charge in [0.1, 0.15) is 18.4 Å². The molecule has 0 saturated heterocycles. The van der Waals surface area contributed by atoms with Crippen LogP contribution in [0.25, 0.3) is 0 Å². The highest BCUT2D eigenvalue weighted by molar-refractivity contribution is 6.00. The summed E-state index contributed by atoms with van der Waals surface area (Å²) in [7, 11) is 1.68. The fourth-order valence-electron chi connectivity index (χ4n) is 4.82. The van der Waals surface area contributed by atoms with E-state index in [0.29, 0.717) is 11.4 Å². The number of carbonyl (C=O) groups is 2. The molecule has 4 aromatic rings. The maximum absolute atomic E-state index is 13.8. The standard InChI is InChI=1S/C30H26N2O4/c1-32-26-18-17-21(29(34)35)19-27(26)36-20-25(28(32)33)31-30(22-11-5-2-6-12-22,23-13-7-3-8-14-23)24-15-9-4-10-16-24/h2-19,25,31H,20H2,1H3,(H,34,35)/t25-/m0/s1. The predicted molar refractivity (Wildman–Crippen MR) is 138 cm³/mol. The number of nitrogens with one attached hydrogen (secondary N) is 1. The number of likely N-dealkylation sites (N-methyl/N-ethyl adjacent to an activating group) is 1. The van der Waals surface area contributed by atoms with Crippen LogP contribution < -0.4 is 15.0 Å². The van der Waals surface area contributed by atoms with Gasteiger partial charge in [-0.3, -0.25) is 10.1 Å². The van der Waals surface area contributed by atoms with E-state index in [-0.39, 0.29) is 18.1 Å². The summed E-state index contributed by atoms with van der Waals surface area (Å²) in [6.45, 7) is 0.0352. The molecule has 2 N–H and O–H groups in total. The third-order valence-electron chi connectivity index (χ3n) is 6.61. The van der Waals surface area contributed by atoms with E-state index in [0.717, 1.165) is 16.7 Å². The lowest BCUT2D eigenvalue weighted by Crippen LogP contribution is -2.56. The van der Waals surface area contributed by atoms with Gasteiger partial charge < -0.3 is 14.7 Å². The molecular weight excluding hydrogens is 452 g/mol. The van der Waals surface area contributed by atoms with Crippen molar-refractivity contribution in [3.63, 3.8) is 0 Å². The summed E-state index contributed by atoms with van der Waals surface area (Å²) in [5, 5.41) is 13.1. The van der Waals surface area contributed by atoms with Crippen molar-refractivity contribution in [3.05, 3.63) is 131 Å². The number of amides is 1. The zero-order valence-corrected chi connectivity index (χ0v) is 19.8. The van der Waals surface area contributed by atoms with Crippen LogP contribution in [0, 0.1) is 0 Å². The van der Waals surface area contributed by atoms with Crippen molar-refractivity contribution >= 4 is 17.6 Å². The van der Waals surface area contributed by atoms with Gasteiger partial charge in [0.2, 0.25) is 5.91 Å². The van der Waals surface area contributed by atoms with Crippen LogP contribution in [0.3, 0.4) is 0 Å². The van der Waals surface area contributed by atoms with Crippen LogP contribution in [-0.2, 0) is 10.3 Å². The van der Waals surface area contributed by atoms with Gasteiger partial charge in [-0.2, -0.15) is 0 Å². The molecule has 0 unspecified atom stereocenters. The Balaban J connectivity index is 1.63. The normalized spacial score (nSPS) is 15.5. The number of hydrogen-bond acceptors (Lipinski definition) is 4. The molecule has 180 valence electrons. The van der Waals surface area contributed by atoms with Gasteiger partial charge in [0.25, 0.3) is 0 Å². The number of rotatable bonds is 6. The SMILES string of the molecule is CN1C(=O)[C@@H](NC(c2ccccc2)(c2ccccc2)c2ccccc2)COc2cc(C(=O)O)ccc21. The Labute approximate surface area is 209 Å². The monoisotopic (exact) mass is 478 g/mol. The van der Waals surface area contributed by atoms with Crippen LogP contribution in [0.2, 0.25) is 0 Å². The molecule has 0 aromatic heterocycles. The summed E-state index contributed by atoms with van der Waals surface area (Å²) < 4.78 is 6.06. The van der Waals surface area contributed by atoms with Crippen molar-refractivity contribution in [1.29, 1.82) is 0 Å². The van der Waals surface area contributed by atoms with Crippen molar-refractivity contribution in [2.45, 2.75) is 11.6 Å². The summed E-state index contributed by atoms with van der Waals surface area (Å²) in [5.74, 6) is -0.866. The molecule has 0 bridgehead atoms. The van der Waals surface area contributed by atoms with E-state index in [4.69, 9.17) is 4.74 Å². The summed E-state index contributed by atoms with van der Waals surface area (Å²) in [5.41, 5.74) is 2.72. The van der Waals surface area contributed by atoms with E-state index in [1.807, 2.05) is 91.0 Å². The van der Waals surface area contributed by atoms with Crippen molar-refractivity contribution in [1.82, 2.24) is 5.32 Å². The lowest BCUT2D eigenvalue weighted by Gasteiger charge is -2.39. The van der Waals surface area contributed by atoms with Crippen molar-refractivity contribution in [2.24, 2.45) is 0 Å². The Hall–Kier alpha value is -4.42. The summed E-state index contributed by atoms with van der Waals surface area (Å²) in [4.78, 5) is 26.8. The number of aromatic carboxylic acids is 1. The Morgan fingerprint density at radius 2 is 1.36 bits per heavy atom. The summed E-state index contributed by atoms with van der Waals surface area (Å²) in [6.07, 6.45) is 0. The Morgan fingerprint density at radius 3 is 1.83 bits per heavy atom. The first-order valence-electron chi connectivity index (χ1n) is 11.7. The zero-order chi connectivity index (χ0) is 25.1. The first-order chi connectivity index (χ1) is 17.5. The zero-order valence-electron chi connectivity index (χ0n) is 19.8. The minimum atomic E-state index is -1.05. The highest BCUT2D eigenvalue weighted by Gasteiger charge is 2.41. The van der Waals surface area contributed by atoms with Crippen LogP contribution in [0.1, 0.15) is 27.0 Å². The van der Waals surface area contributed by atoms with Crippen LogP contribution in [-0.4, -0.2) is 36.7 Å². The van der Waals surface area contributed by atoms with E-state index >= 15 is 0 Å². The molecule has 1 aliphatic heterocycles. The topological polar surface area (TPSA) is 78.9 Å². The smallest absolute Gasteiger partial charge is 0.335 e. The number of carbonyl (C=O) groups excluding carboxylic acids is 1. The third kappa shape index (κ3) is 4.12. The molecule has 0 fully saturated rings. The molecule has 4 aromatic carbocycles. The second kappa shape index (κ2) is 9.68. The molecule has 0 radical (unpaired) electrons. The fraction of sp³-hybridized carbons (Fsp3) is 0.133. The average molecular weight is 479 g/mol. The number of benzene rings is 4. The largest absolute Gasteiger partial charge is 0.489 e. The molecule has 0 spiro atoms. The number of carboxylic acids is 1.